The summed E-state index contributed by atoms with van der Waals surface area (Å²) < 4.78 is 19.1. The second-order valence-corrected chi connectivity index (χ2v) is 10.0. The van der Waals surface area contributed by atoms with Crippen molar-refractivity contribution < 1.29 is 19.0 Å². The molecule has 2 aromatic carbocycles. The van der Waals surface area contributed by atoms with Crippen LogP contribution in [0.5, 0.6) is 11.5 Å². The first-order valence-corrected chi connectivity index (χ1v) is 13.4. The van der Waals surface area contributed by atoms with Gasteiger partial charge in [-0.3, -0.25) is 14.2 Å². The van der Waals surface area contributed by atoms with Gasteiger partial charge >= 0.3 is 0 Å². The minimum absolute atomic E-state index is 0.0929. The van der Waals surface area contributed by atoms with Gasteiger partial charge in [0.2, 0.25) is 5.91 Å². The molecule has 0 aliphatic carbocycles. The Bertz CT molecular complexity index is 1420. The topological polar surface area (TPSA) is 91.7 Å². The van der Waals surface area contributed by atoms with Crippen molar-refractivity contribution in [1.29, 1.82) is 0 Å². The highest BCUT2D eigenvalue weighted by atomic mass is 32.2. The van der Waals surface area contributed by atoms with Crippen molar-refractivity contribution >= 4 is 49.3 Å². The van der Waals surface area contributed by atoms with Crippen LogP contribution in [0.3, 0.4) is 0 Å². The van der Waals surface area contributed by atoms with Gasteiger partial charge in [0.15, 0.2) is 16.7 Å². The molecule has 1 amide bonds. The summed E-state index contributed by atoms with van der Waals surface area (Å²) in [5.41, 5.74) is 1.60. The number of nitrogens with zero attached hydrogens (tertiary/aromatic N) is 2. The fourth-order valence-electron chi connectivity index (χ4n) is 3.86. The SMILES string of the molecule is COCCCNC(=O)CSc1nc2c(sc3ccccc32)c(=O)n1CCc1ccc(OC)c(OC)c1. The summed E-state index contributed by atoms with van der Waals surface area (Å²) in [7, 11) is 4.83. The number of methoxy groups -OCH3 is 3. The van der Waals surface area contributed by atoms with Crippen LogP contribution in [0.25, 0.3) is 20.3 Å². The van der Waals surface area contributed by atoms with Gasteiger partial charge in [-0.05, 0) is 36.6 Å². The van der Waals surface area contributed by atoms with Crippen LogP contribution in [0.15, 0.2) is 52.4 Å². The van der Waals surface area contributed by atoms with Crippen LogP contribution in [0.1, 0.15) is 12.0 Å². The number of fused-ring (bicyclic) bond motifs is 3. The molecule has 2 aromatic heterocycles. The van der Waals surface area contributed by atoms with E-state index < -0.39 is 0 Å². The van der Waals surface area contributed by atoms with Crippen LogP contribution in [0.2, 0.25) is 0 Å². The van der Waals surface area contributed by atoms with E-state index in [1.165, 1.54) is 23.1 Å². The lowest BCUT2D eigenvalue weighted by atomic mass is 10.1. The molecule has 0 bridgehead atoms. The molecule has 0 saturated heterocycles. The predicted octanol–water partition coefficient (Wildman–Crippen LogP) is 4.12. The molecular formula is C26H29N3O5S2. The Morgan fingerprint density at radius 3 is 2.69 bits per heavy atom. The Hall–Kier alpha value is -3.08. The third-order valence-electron chi connectivity index (χ3n) is 5.70. The summed E-state index contributed by atoms with van der Waals surface area (Å²) in [5, 5.41) is 4.37. The number of hydrogen-bond donors (Lipinski definition) is 1. The second-order valence-electron chi connectivity index (χ2n) is 8.05. The Kier molecular flexibility index (Phi) is 8.84. The fraction of sp³-hybridized carbons (Fsp3) is 0.346. The van der Waals surface area contributed by atoms with Crippen LogP contribution in [0, 0.1) is 0 Å². The van der Waals surface area contributed by atoms with Gasteiger partial charge in [0.25, 0.3) is 5.56 Å². The van der Waals surface area contributed by atoms with Crippen molar-refractivity contribution in [2.24, 2.45) is 0 Å². The molecule has 0 aliphatic heterocycles. The molecule has 2 heterocycles. The van der Waals surface area contributed by atoms with Gasteiger partial charge in [-0.1, -0.05) is 36.0 Å². The van der Waals surface area contributed by atoms with Crippen LogP contribution in [0.4, 0.5) is 0 Å². The van der Waals surface area contributed by atoms with Crippen LogP contribution in [-0.2, 0) is 22.5 Å². The average molecular weight is 528 g/mol. The number of carbonyl (C=O) groups excluding carboxylic acids is 1. The number of benzene rings is 2. The van der Waals surface area contributed by atoms with Crippen molar-refractivity contribution in [3.05, 3.63) is 58.4 Å². The largest absolute Gasteiger partial charge is 0.493 e. The molecule has 0 spiro atoms. The highest BCUT2D eigenvalue weighted by molar-refractivity contribution is 7.99. The molecule has 1 N–H and O–H groups in total. The third kappa shape index (κ3) is 5.83. The molecule has 0 unspecified atom stereocenters. The van der Waals surface area contributed by atoms with Gasteiger partial charge in [-0.25, -0.2) is 4.98 Å². The van der Waals surface area contributed by atoms with Crippen molar-refractivity contribution in [2.75, 3.05) is 40.2 Å². The number of amides is 1. The van der Waals surface area contributed by atoms with Crippen molar-refractivity contribution in [2.45, 2.75) is 24.5 Å². The molecule has 4 rings (SSSR count). The number of aryl methyl sites for hydroxylation is 1. The van der Waals surface area contributed by atoms with Gasteiger partial charge in [-0.2, -0.15) is 0 Å². The molecule has 4 aromatic rings. The minimum atomic E-state index is -0.105. The summed E-state index contributed by atoms with van der Waals surface area (Å²) in [4.78, 5) is 30.9. The molecular weight excluding hydrogens is 498 g/mol. The number of rotatable bonds is 12. The zero-order valence-electron chi connectivity index (χ0n) is 20.5. The number of hydrogen-bond acceptors (Lipinski definition) is 8. The molecule has 0 saturated carbocycles. The molecule has 0 radical (unpaired) electrons. The zero-order chi connectivity index (χ0) is 25.5. The fourth-order valence-corrected chi connectivity index (χ4v) is 5.80. The maximum absolute atomic E-state index is 13.6. The Morgan fingerprint density at radius 1 is 1.11 bits per heavy atom. The molecule has 190 valence electrons. The number of aromatic nitrogens is 2. The van der Waals surface area contributed by atoms with Crippen molar-refractivity contribution in [3.63, 3.8) is 0 Å². The first-order valence-electron chi connectivity index (χ1n) is 11.6. The van der Waals surface area contributed by atoms with Crippen molar-refractivity contribution in [3.8, 4) is 11.5 Å². The van der Waals surface area contributed by atoms with E-state index in [4.69, 9.17) is 19.2 Å². The Balaban J connectivity index is 1.63. The van der Waals surface area contributed by atoms with Gasteiger partial charge in [0.1, 0.15) is 4.70 Å². The molecule has 0 atom stereocenters. The van der Waals surface area contributed by atoms with Gasteiger partial charge in [0.05, 0.1) is 25.5 Å². The molecule has 8 nitrogen and oxygen atoms in total. The molecule has 0 fully saturated rings. The number of thioether (sulfide) groups is 1. The molecule has 36 heavy (non-hydrogen) atoms. The quantitative estimate of drug-likeness (QED) is 0.168. The monoisotopic (exact) mass is 527 g/mol. The van der Waals surface area contributed by atoms with E-state index in [1.54, 1.807) is 25.9 Å². The summed E-state index contributed by atoms with van der Waals surface area (Å²) in [6.07, 6.45) is 1.34. The van der Waals surface area contributed by atoms with E-state index >= 15 is 0 Å². The number of nitrogens with one attached hydrogen (secondary N) is 1. The average Bonchev–Trinajstić information content (AvgIpc) is 3.28. The number of thiophene rings is 1. The number of carbonyl (C=O) groups is 1. The summed E-state index contributed by atoms with van der Waals surface area (Å²) in [6.45, 7) is 1.55. The summed E-state index contributed by atoms with van der Waals surface area (Å²) in [5.74, 6) is 1.36. The predicted molar refractivity (Wildman–Crippen MR) is 145 cm³/mol. The van der Waals surface area contributed by atoms with Crippen molar-refractivity contribution in [1.82, 2.24) is 14.9 Å². The van der Waals surface area contributed by atoms with Gasteiger partial charge in [0, 0.05) is 36.9 Å². The van der Waals surface area contributed by atoms with E-state index in [-0.39, 0.29) is 17.2 Å². The summed E-state index contributed by atoms with van der Waals surface area (Å²) in [6, 6.07) is 13.6. The minimum Gasteiger partial charge on any atom is -0.493 e. The highest BCUT2D eigenvalue weighted by Gasteiger charge is 2.17. The lowest BCUT2D eigenvalue weighted by Crippen LogP contribution is -2.28. The smallest absolute Gasteiger partial charge is 0.272 e. The van der Waals surface area contributed by atoms with E-state index in [1.807, 2.05) is 42.5 Å². The van der Waals surface area contributed by atoms with E-state index in [9.17, 15) is 9.59 Å². The maximum Gasteiger partial charge on any atom is 0.272 e. The highest BCUT2D eigenvalue weighted by Crippen LogP contribution is 2.32. The van der Waals surface area contributed by atoms with Crippen LogP contribution >= 0.6 is 23.1 Å². The van der Waals surface area contributed by atoms with Crippen LogP contribution in [-0.4, -0.2) is 55.7 Å². The maximum atomic E-state index is 13.6. The number of ether oxygens (including phenoxy) is 3. The summed E-state index contributed by atoms with van der Waals surface area (Å²) >= 11 is 2.73. The first-order chi connectivity index (χ1) is 17.5. The third-order valence-corrected chi connectivity index (χ3v) is 7.82. The zero-order valence-corrected chi connectivity index (χ0v) is 22.2. The lowest BCUT2D eigenvalue weighted by Gasteiger charge is -2.13. The van der Waals surface area contributed by atoms with E-state index in [2.05, 4.69) is 5.32 Å². The second kappa shape index (κ2) is 12.2. The standard InChI is InChI=1S/C26H29N3O5S2/c1-32-14-6-12-27-22(30)16-35-26-28-23-18-7-4-5-8-21(18)36-24(23)25(31)29(26)13-11-17-9-10-19(33-2)20(15-17)34-3/h4-5,7-10,15H,6,11-14,16H2,1-3H3,(H,27,30). The molecule has 0 aliphatic rings. The van der Waals surface area contributed by atoms with E-state index in [0.717, 1.165) is 22.1 Å². The molecule has 10 heteroatoms. The first kappa shape index (κ1) is 26.0. The Morgan fingerprint density at radius 2 is 1.92 bits per heavy atom. The van der Waals surface area contributed by atoms with Gasteiger partial charge < -0.3 is 19.5 Å². The van der Waals surface area contributed by atoms with Crippen LogP contribution < -0.4 is 20.3 Å². The lowest BCUT2D eigenvalue weighted by molar-refractivity contribution is -0.118. The van der Waals surface area contributed by atoms with E-state index in [0.29, 0.717) is 53.0 Å². The Labute approximate surface area is 217 Å². The normalized spacial score (nSPS) is 11.2. The van der Waals surface area contributed by atoms with Gasteiger partial charge in [-0.15, -0.1) is 11.3 Å².